The number of hydrogen-bond acceptors (Lipinski definition) is 7. The molecule has 8 nitrogen and oxygen atoms in total. The summed E-state index contributed by atoms with van der Waals surface area (Å²) in [5.74, 6) is 1.82. The molecule has 0 aliphatic heterocycles. The fourth-order valence-electron chi connectivity index (χ4n) is 3.25. The Labute approximate surface area is 197 Å². The van der Waals surface area contributed by atoms with E-state index in [0.29, 0.717) is 33.7 Å². The normalized spacial score (nSPS) is 11.8. The fraction of sp³-hybridized carbons (Fsp3) is 0.333. The Hall–Kier alpha value is -3.33. The van der Waals surface area contributed by atoms with Gasteiger partial charge in [0.2, 0.25) is 5.91 Å². The van der Waals surface area contributed by atoms with Gasteiger partial charge in [-0.05, 0) is 52.0 Å². The predicted molar refractivity (Wildman–Crippen MR) is 128 cm³/mol. The summed E-state index contributed by atoms with van der Waals surface area (Å²) < 4.78 is 13.4. The lowest BCUT2D eigenvalue weighted by Gasteiger charge is -2.19. The van der Waals surface area contributed by atoms with E-state index in [0.717, 1.165) is 0 Å². The number of Topliss-reactive ketones (excluding diaryl/α,β-unsaturated/α-hetero) is 1. The molecule has 0 saturated heterocycles. The third kappa shape index (κ3) is 6.13. The van der Waals surface area contributed by atoms with E-state index in [9.17, 15) is 9.59 Å². The van der Waals surface area contributed by atoms with Gasteiger partial charge in [0.1, 0.15) is 0 Å². The average molecular weight is 469 g/mol. The second-order valence-electron chi connectivity index (χ2n) is 7.69. The van der Waals surface area contributed by atoms with Gasteiger partial charge < -0.3 is 19.4 Å². The second-order valence-corrected chi connectivity index (χ2v) is 8.63. The number of thioether (sulfide) groups is 1. The standard InChI is InChI=1S/C24H28N4O4S/c1-15(2)28-23(17(4)32-21-12-7-6-11-20(21)31-5)26-27-24(28)33-14-22(30)25-19-10-8-9-18(13-19)16(3)29/h6-13,15,17H,14H2,1-5H3,(H,25,30). The number of rotatable bonds is 10. The topological polar surface area (TPSA) is 95.3 Å². The molecule has 0 aliphatic rings. The molecule has 1 amide bonds. The molecule has 0 bridgehead atoms. The smallest absolute Gasteiger partial charge is 0.234 e. The maximum atomic E-state index is 12.5. The number of nitrogens with zero attached hydrogens (tertiary/aromatic N) is 3. The quantitative estimate of drug-likeness (QED) is 0.332. The molecule has 0 fully saturated rings. The molecule has 3 rings (SSSR count). The number of hydrogen-bond donors (Lipinski definition) is 1. The van der Waals surface area contributed by atoms with Crippen molar-refractivity contribution in [2.75, 3.05) is 18.2 Å². The monoisotopic (exact) mass is 468 g/mol. The number of ether oxygens (including phenoxy) is 2. The summed E-state index contributed by atoms with van der Waals surface area (Å²) in [6, 6.07) is 14.4. The van der Waals surface area contributed by atoms with Crippen LogP contribution in [0.1, 0.15) is 56.0 Å². The highest BCUT2D eigenvalue weighted by Gasteiger charge is 2.23. The van der Waals surface area contributed by atoms with Crippen LogP contribution in [0.3, 0.4) is 0 Å². The van der Waals surface area contributed by atoms with Gasteiger partial charge in [-0.25, -0.2) is 0 Å². The molecule has 174 valence electrons. The van der Waals surface area contributed by atoms with E-state index in [1.165, 1.54) is 18.7 Å². The molecule has 0 aliphatic carbocycles. The van der Waals surface area contributed by atoms with Crippen molar-refractivity contribution in [3.8, 4) is 11.5 Å². The van der Waals surface area contributed by atoms with Gasteiger partial charge in [0.25, 0.3) is 0 Å². The molecule has 9 heteroatoms. The van der Waals surface area contributed by atoms with Gasteiger partial charge in [-0.15, -0.1) is 10.2 Å². The highest BCUT2D eigenvalue weighted by Crippen LogP contribution is 2.32. The maximum absolute atomic E-state index is 12.5. The minimum absolute atomic E-state index is 0.0532. The molecule has 2 aromatic carbocycles. The van der Waals surface area contributed by atoms with Crippen LogP contribution in [0.25, 0.3) is 0 Å². The summed E-state index contributed by atoms with van der Waals surface area (Å²) in [6.45, 7) is 7.45. The van der Waals surface area contributed by atoms with Crippen LogP contribution in [0.4, 0.5) is 5.69 Å². The van der Waals surface area contributed by atoms with Crippen LogP contribution >= 0.6 is 11.8 Å². The van der Waals surface area contributed by atoms with Crippen molar-refractivity contribution < 1.29 is 19.1 Å². The molecular formula is C24H28N4O4S. The Balaban J connectivity index is 1.69. The van der Waals surface area contributed by atoms with Gasteiger partial charge in [0.15, 0.2) is 34.4 Å². The van der Waals surface area contributed by atoms with Crippen molar-refractivity contribution in [1.29, 1.82) is 0 Å². The number of methoxy groups -OCH3 is 1. The van der Waals surface area contributed by atoms with Crippen LogP contribution in [-0.4, -0.2) is 39.3 Å². The van der Waals surface area contributed by atoms with Gasteiger partial charge in [-0.1, -0.05) is 36.0 Å². The minimum Gasteiger partial charge on any atom is -0.493 e. The Bertz CT molecular complexity index is 1130. The Kier molecular flexibility index (Phi) is 8.11. The van der Waals surface area contributed by atoms with Crippen LogP contribution in [0.2, 0.25) is 0 Å². The van der Waals surface area contributed by atoms with Gasteiger partial charge in [0.05, 0.1) is 12.9 Å². The molecule has 1 aromatic heterocycles. The largest absolute Gasteiger partial charge is 0.493 e. The fourth-order valence-corrected chi connectivity index (χ4v) is 4.13. The molecule has 0 radical (unpaired) electrons. The molecule has 3 aromatic rings. The van der Waals surface area contributed by atoms with Gasteiger partial charge in [0, 0.05) is 17.3 Å². The summed E-state index contributed by atoms with van der Waals surface area (Å²) in [6.07, 6.45) is -0.381. The van der Waals surface area contributed by atoms with Crippen molar-refractivity contribution in [3.05, 3.63) is 59.9 Å². The van der Waals surface area contributed by atoms with Crippen LogP contribution in [0, 0.1) is 0 Å². The summed E-state index contributed by atoms with van der Waals surface area (Å²) in [5, 5.41) is 12.1. The first-order chi connectivity index (χ1) is 15.8. The molecule has 1 unspecified atom stereocenters. The summed E-state index contributed by atoms with van der Waals surface area (Å²) in [4.78, 5) is 24.0. The molecule has 0 saturated carbocycles. The van der Waals surface area contributed by atoms with Crippen molar-refractivity contribution >= 4 is 29.1 Å². The van der Waals surface area contributed by atoms with Crippen molar-refractivity contribution in [3.63, 3.8) is 0 Å². The van der Waals surface area contributed by atoms with E-state index in [2.05, 4.69) is 15.5 Å². The third-order valence-corrected chi connectivity index (χ3v) is 5.77. The predicted octanol–water partition coefficient (Wildman–Crippen LogP) is 4.94. The number of anilines is 1. The van der Waals surface area contributed by atoms with E-state index >= 15 is 0 Å². The summed E-state index contributed by atoms with van der Waals surface area (Å²) >= 11 is 1.30. The number of amides is 1. The van der Waals surface area contributed by atoms with Crippen LogP contribution in [0.5, 0.6) is 11.5 Å². The molecule has 33 heavy (non-hydrogen) atoms. The first-order valence-corrected chi connectivity index (χ1v) is 11.6. The number of para-hydroxylation sites is 2. The zero-order valence-corrected chi connectivity index (χ0v) is 20.2. The first-order valence-electron chi connectivity index (χ1n) is 10.6. The van der Waals surface area contributed by atoms with Crippen molar-refractivity contribution in [1.82, 2.24) is 14.8 Å². The van der Waals surface area contributed by atoms with Crippen LogP contribution in [0.15, 0.2) is 53.7 Å². The van der Waals surface area contributed by atoms with Gasteiger partial charge in [-0.2, -0.15) is 0 Å². The highest BCUT2D eigenvalue weighted by molar-refractivity contribution is 7.99. The van der Waals surface area contributed by atoms with Crippen molar-refractivity contribution in [2.45, 2.75) is 45.0 Å². The zero-order valence-electron chi connectivity index (χ0n) is 19.4. The molecule has 1 heterocycles. The van der Waals surface area contributed by atoms with E-state index in [-0.39, 0.29) is 29.6 Å². The highest BCUT2D eigenvalue weighted by atomic mass is 32.2. The Morgan fingerprint density at radius 1 is 1.06 bits per heavy atom. The zero-order chi connectivity index (χ0) is 24.0. The third-order valence-electron chi connectivity index (χ3n) is 4.83. The first kappa shape index (κ1) is 24.3. The van der Waals surface area contributed by atoms with Crippen LogP contribution in [-0.2, 0) is 4.79 Å². The van der Waals surface area contributed by atoms with E-state index in [4.69, 9.17) is 9.47 Å². The summed E-state index contributed by atoms with van der Waals surface area (Å²) in [7, 11) is 1.60. The molecule has 0 spiro atoms. The van der Waals surface area contributed by atoms with E-state index < -0.39 is 0 Å². The van der Waals surface area contributed by atoms with Crippen LogP contribution < -0.4 is 14.8 Å². The Morgan fingerprint density at radius 2 is 1.79 bits per heavy atom. The maximum Gasteiger partial charge on any atom is 0.234 e. The average Bonchev–Trinajstić information content (AvgIpc) is 3.23. The number of carbonyl (C=O) groups excluding carboxylic acids is 2. The SMILES string of the molecule is COc1ccccc1OC(C)c1nnc(SCC(=O)Nc2cccc(C(C)=O)c2)n1C(C)C. The van der Waals surface area contributed by atoms with Gasteiger partial charge >= 0.3 is 0 Å². The molecule has 1 N–H and O–H groups in total. The van der Waals surface area contributed by atoms with E-state index in [1.54, 1.807) is 31.4 Å². The lowest BCUT2D eigenvalue weighted by Crippen LogP contribution is -2.17. The number of aromatic nitrogens is 3. The lowest BCUT2D eigenvalue weighted by molar-refractivity contribution is -0.113. The van der Waals surface area contributed by atoms with E-state index in [1.807, 2.05) is 49.6 Å². The number of ketones is 1. The van der Waals surface area contributed by atoms with Gasteiger partial charge in [-0.3, -0.25) is 9.59 Å². The number of benzene rings is 2. The minimum atomic E-state index is -0.381. The number of carbonyl (C=O) groups is 2. The summed E-state index contributed by atoms with van der Waals surface area (Å²) in [5.41, 5.74) is 1.13. The Morgan fingerprint density at radius 3 is 2.45 bits per heavy atom. The molecule has 1 atom stereocenters. The van der Waals surface area contributed by atoms with Crippen molar-refractivity contribution in [2.24, 2.45) is 0 Å². The second kappa shape index (κ2) is 11.0. The molecular weight excluding hydrogens is 440 g/mol. The lowest BCUT2D eigenvalue weighted by atomic mass is 10.1. The number of nitrogens with one attached hydrogen (secondary N) is 1.